The van der Waals surface area contributed by atoms with Gasteiger partial charge in [0.1, 0.15) is 0 Å². The summed E-state index contributed by atoms with van der Waals surface area (Å²) in [7, 11) is 0. The molecular weight excluding hydrogens is 317 g/mol. The lowest BCUT2D eigenvalue weighted by atomic mass is 10.1. The molecule has 88 valence electrons. The summed E-state index contributed by atoms with van der Waals surface area (Å²) >= 11 is 2.20. The Bertz CT molecular complexity index is 377. The molecule has 2 N–H and O–H groups in total. The van der Waals surface area contributed by atoms with Gasteiger partial charge in [-0.15, -0.1) is 0 Å². The van der Waals surface area contributed by atoms with E-state index in [1.54, 1.807) is 13.8 Å². The molecule has 0 heterocycles. The van der Waals surface area contributed by atoms with Crippen LogP contribution in [0.25, 0.3) is 0 Å². The fourth-order valence-corrected chi connectivity index (χ4v) is 2.00. The second kappa shape index (κ2) is 6.20. The predicted molar refractivity (Wildman–Crippen MR) is 74.0 cm³/mol. The highest BCUT2D eigenvalue weighted by Crippen LogP contribution is 2.20. The van der Waals surface area contributed by atoms with Crippen LogP contribution in [0.2, 0.25) is 0 Å². The summed E-state index contributed by atoms with van der Waals surface area (Å²) in [5, 5.41) is 12.4. The van der Waals surface area contributed by atoms with Crippen LogP contribution in [0.15, 0.2) is 18.2 Å². The summed E-state index contributed by atoms with van der Waals surface area (Å²) in [6.07, 6.45) is 0.423. The van der Waals surface area contributed by atoms with Crippen LogP contribution >= 0.6 is 22.6 Å². The minimum Gasteiger partial charge on any atom is -0.393 e. The van der Waals surface area contributed by atoms with Gasteiger partial charge in [0.05, 0.1) is 6.10 Å². The van der Waals surface area contributed by atoms with Gasteiger partial charge < -0.3 is 10.4 Å². The van der Waals surface area contributed by atoms with Gasteiger partial charge in [0.15, 0.2) is 5.78 Å². The lowest BCUT2D eigenvalue weighted by molar-refractivity contribution is 0.101. The molecule has 0 saturated heterocycles. The molecule has 0 unspecified atom stereocenters. The molecule has 16 heavy (non-hydrogen) atoms. The first kappa shape index (κ1) is 13.4. The van der Waals surface area contributed by atoms with Gasteiger partial charge in [0, 0.05) is 21.4 Å². The lowest BCUT2D eigenvalue weighted by Gasteiger charge is -2.10. The van der Waals surface area contributed by atoms with Crippen molar-refractivity contribution in [2.24, 2.45) is 0 Å². The highest BCUT2D eigenvalue weighted by atomic mass is 127. The van der Waals surface area contributed by atoms with Gasteiger partial charge in [-0.1, -0.05) is 0 Å². The Balaban J connectivity index is 2.64. The molecule has 0 aliphatic heterocycles. The van der Waals surface area contributed by atoms with Crippen molar-refractivity contribution < 1.29 is 9.90 Å². The van der Waals surface area contributed by atoms with Crippen LogP contribution in [0.4, 0.5) is 5.69 Å². The number of ketones is 1. The van der Waals surface area contributed by atoms with Gasteiger partial charge in [0.25, 0.3) is 0 Å². The van der Waals surface area contributed by atoms with Crippen molar-refractivity contribution in [3.63, 3.8) is 0 Å². The third-order valence-corrected chi connectivity index (χ3v) is 3.15. The number of hydrogen-bond donors (Lipinski definition) is 2. The van der Waals surface area contributed by atoms with Crippen LogP contribution in [0.3, 0.4) is 0 Å². The molecule has 0 radical (unpaired) electrons. The quantitative estimate of drug-likeness (QED) is 0.643. The largest absolute Gasteiger partial charge is 0.393 e. The lowest BCUT2D eigenvalue weighted by Crippen LogP contribution is -2.10. The number of halogens is 1. The van der Waals surface area contributed by atoms with E-state index in [-0.39, 0.29) is 11.9 Å². The van der Waals surface area contributed by atoms with Crippen LogP contribution < -0.4 is 5.32 Å². The molecular formula is C12H16INO2. The molecule has 0 bridgehead atoms. The maximum atomic E-state index is 11.2. The van der Waals surface area contributed by atoms with E-state index in [9.17, 15) is 4.79 Å². The van der Waals surface area contributed by atoms with Crippen molar-refractivity contribution in [2.45, 2.75) is 26.4 Å². The second-order valence-electron chi connectivity index (χ2n) is 3.82. The average Bonchev–Trinajstić information content (AvgIpc) is 2.19. The normalized spacial score (nSPS) is 12.2. The Morgan fingerprint density at radius 1 is 1.56 bits per heavy atom. The van der Waals surface area contributed by atoms with Crippen LogP contribution in [-0.4, -0.2) is 23.5 Å². The molecule has 0 fully saturated rings. The average molecular weight is 333 g/mol. The number of aliphatic hydroxyl groups excluding tert-OH is 1. The zero-order valence-corrected chi connectivity index (χ0v) is 11.6. The molecule has 1 atom stereocenters. The van der Waals surface area contributed by atoms with Gasteiger partial charge in [-0.2, -0.15) is 0 Å². The molecule has 0 spiro atoms. The van der Waals surface area contributed by atoms with Crippen molar-refractivity contribution in [1.29, 1.82) is 0 Å². The van der Waals surface area contributed by atoms with E-state index in [1.165, 1.54) is 0 Å². The molecule has 0 aliphatic carbocycles. The van der Waals surface area contributed by atoms with Crippen LogP contribution in [-0.2, 0) is 0 Å². The van der Waals surface area contributed by atoms with Crippen molar-refractivity contribution in [3.05, 3.63) is 27.3 Å². The number of nitrogens with one attached hydrogen (secondary N) is 1. The molecule has 4 heteroatoms. The third kappa shape index (κ3) is 4.09. The van der Waals surface area contributed by atoms with Gasteiger partial charge in [-0.05, 0) is 61.1 Å². The number of carbonyl (C=O) groups is 1. The smallest absolute Gasteiger partial charge is 0.159 e. The topological polar surface area (TPSA) is 49.3 Å². The highest BCUT2D eigenvalue weighted by molar-refractivity contribution is 14.1. The van der Waals surface area contributed by atoms with Gasteiger partial charge >= 0.3 is 0 Å². The van der Waals surface area contributed by atoms with E-state index in [2.05, 4.69) is 27.9 Å². The van der Waals surface area contributed by atoms with Crippen LogP contribution in [0.1, 0.15) is 30.6 Å². The maximum Gasteiger partial charge on any atom is 0.159 e. The third-order valence-electron chi connectivity index (χ3n) is 2.25. The Morgan fingerprint density at radius 3 is 2.75 bits per heavy atom. The molecule has 1 aromatic carbocycles. The summed E-state index contributed by atoms with van der Waals surface area (Å²) in [6, 6.07) is 5.59. The van der Waals surface area contributed by atoms with E-state index < -0.39 is 0 Å². The number of anilines is 1. The SMILES string of the molecule is CC(=O)c1ccc(NCC[C@@H](C)O)c(I)c1. The predicted octanol–water partition coefficient (Wildman–Crippen LogP) is 2.68. The summed E-state index contributed by atoms with van der Waals surface area (Å²) < 4.78 is 1.02. The number of Topliss-reactive ketones (excluding diaryl/α,β-unsaturated/α-hetero) is 1. The Hall–Kier alpha value is -0.620. The fourth-order valence-electron chi connectivity index (χ4n) is 1.29. The van der Waals surface area contributed by atoms with E-state index in [4.69, 9.17) is 5.11 Å². The summed E-state index contributed by atoms with van der Waals surface area (Å²) in [5.74, 6) is 0.0773. The number of aliphatic hydroxyl groups is 1. The summed E-state index contributed by atoms with van der Waals surface area (Å²) in [5.41, 5.74) is 1.73. The van der Waals surface area contributed by atoms with Gasteiger partial charge in [-0.3, -0.25) is 4.79 Å². The minimum atomic E-state index is -0.290. The molecule has 1 aromatic rings. The molecule has 3 nitrogen and oxygen atoms in total. The second-order valence-corrected chi connectivity index (χ2v) is 4.98. The van der Waals surface area contributed by atoms with E-state index in [0.717, 1.165) is 21.4 Å². The van der Waals surface area contributed by atoms with Crippen molar-refractivity contribution >= 4 is 34.1 Å². The number of carbonyl (C=O) groups excluding carboxylic acids is 1. The van der Waals surface area contributed by atoms with Gasteiger partial charge in [-0.25, -0.2) is 0 Å². The Labute approximate surface area is 109 Å². The summed E-state index contributed by atoms with van der Waals surface area (Å²) in [6.45, 7) is 4.06. The Kier molecular flexibility index (Phi) is 5.21. The molecule has 0 aromatic heterocycles. The highest BCUT2D eigenvalue weighted by Gasteiger charge is 2.04. The van der Waals surface area contributed by atoms with E-state index in [0.29, 0.717) is 6.42 Å². The first-order valence-electron chi connectivity index (χ1n) is 5.23. The van der Waals surface area contributed by atoms with E-state index in [1.807, 2.05) is 18.2 Å². The standard InChI is InChI=1S/C12H16INO2/c1-8(15)5-6-14-12-4-3-10(9(2)16)7-11(12)13/h3-4,7-8,14-15H,5-6H2,1-2H3/t8-/m1/s1. The minimum absolute atomic E-state index is 0.0773. The van der Waals surface area contributed by atoms with Crippen molar-refractivity contribution in [2.75, 3.05) is 11.9 Å². The molecule has 0 saturated carbocycles. The first-order valence-corrected chi connectivity index (χ1v) is 6.31. The Morgan fingerprint density at radius 2 is 2.25 bits per heavy atom. The van der Waals surface area contributed by atoms with Crippen molar-refractivity contribution in [1.82, 2.24) is 0 Å². The van der Waals surface area contributed by atoms with Crippen LogP contribution in [0.5, 0.6) is 0 Å². The van der Waals surface area contributed by atoms with Crippen LogP contribution in [0, 0.1) is 3.57 Å². The number of rotatable bonds is 5. The molecule has 0 aliphatic rings. The molecule has 1 rings (SSSR count). The monoisotopic (exact) mass is 333 g/mol. The molecule has 0 amide bonds. The van der Waals surface area contributed by atoms with Crippen molar-refractivity contribution in [3.8, 4) is 0 Å². The number of hydrogen-bond acceptors (Lipinski definition) is 3. The fraction of sp³-hybridized carbons (Fsp3) is 0.417. The zero-order valence-electron chi connectivity index (χ0n) is 9.46. The van der Waals surface area contributed by atoms with Gasteiger partial charge in [0.2, 0.25) is 0 Å². The first-order chi connectivity index (χ1) is 7.50. The summed E-state index contributed by atoms with van der Waals surface area (Å²) in [4.78, 5) is 11.2. The van der Waals surface area contributed by atoms with E-state index >= 15 is 0 Å². The maximum absolute atomic E-state index is 11.2. The zero-order chi connectivity index (χ0) is 12.1. The number of benzene rings is 1.